The lowest BCUT2D eigenvalue weighted by Crippen LogP contribution is -3.12. The van der Waals surface area contributed by atoms with Crippen LogP contribution in [0.4, 0.5) is 0 Å². The number of carbonyl (C=O) groups excluding carboxylic acids is 1. The summed E-state index contributed by atoms with van der Waals surface area (Å²) in [4.78, 5) is 14.4. The lowest BCUT2D eigenvalue weighted by atomic mass is 10.2. The Kier molecular flexibility index (Phi) is 5.78. The number of quaternary nitrogens is 1. The van der Waals surface area contributed by atoms with Gasteiger partial charge in [0, 0.05) is 19.6 Å². The summed E-state index contributed by atoms with van der Waals surface area (Å²) in [7, 11) is 2.22. The third-order valence-electron chi connectivity index (χ3n) is 3.66. The Labute approximate surface area is 125 Å². The Balaban J connectivity index is 1.78. The summed E-state index contributed by atoms with van der Waals surface area (Å²) in [6, 6.07) is 7.39. The van der Waals surface area contributed by atoms with Gasteiger partial charge < -0.3 is 19.5 Å². The number of piperazine rings is 1. The van der Waals surface area contributed by atoms with E-state index in [2.05, 4.69) is 11.9 Å². The molecule has 1 aliphatic heterocycles. The van der Waals surface area contributed by atoms with Crippen molar-refractivity contribution in [1.29, 1.82) is 0 Å². The van der Waals surface area contributed by atoms with Crippen LogP contribution in [0.3, 0.4) is 0 Å². The zero-order chi connectivity index (χ0) is 15.1. The molecule has 21 heavy (non-hydrogen) atoms. The summed E-state index contributed by atoms with van der Waals surface area (Å²) >= 11 is 0. The fraction of sp³-hybridized carbons (Fsp3) is 0.438. The first kappa shape index (κ1) is 15.5. The minimum Gasteiger partial charge on any atom is -0.545 e. The molecule has 5 nitrogen and oxygen atoms in total. The maximum absolute atomic E-state index is 10.4. The normalized spacial score (nSPS) is 17.2. The highest BCUT2D eigenvalue weighted by molar-refractivity contribution is 5.83. The van der Waals surface area contributed by atoms with E-state index in [0.717, 1.165) is 37.0 Å². The second kappa shape index (κ2) is 7.81. The van der Waals surface area contributed by atoms with Crippen molar-refractivity contribution in [3.8, 4) is 5.75 Å². The van der Waals surface area contributed by atoms with Crippen molar-refractivity contribution in [3.05, 3.63) is 35.9 Å². The lowest BCUT2D eigenvalue weighted by molar-refractivity contribution is -0.884. The molecular weight excluding hydrogens is 268 g/mol. The predicted molar refractivity (Wildman–Crippen MR) is 79.0 cm³/mol. The van der Waals surface area contributed by atoms with E-state index in [1.54, 1.807) is 4.90 Å². The van der Waals surface area contributed by atoms with Gasteiger partial charge in [-0.2, -0.15) is 0 Å². The van der Waals surface area contributed by atoms with E-state index in [4.69, 9.17) is 4.74 Å². The SMILES string of the molecule is C[NH+]1CCN(CCOc2cccc(/C=C/C(=O)[O-])c2)CC1. The minimum atomic E-state index is -1.20. The van der Waals surface area contributed by atoms with Crippen LogP contribution in [-0.2, 0) is 4.79 Å². The van der Waals surface area contributed by atoms with Gasteiger partial charge >= 0.3 is 0 Å². The molecule has 0 radical (unpaired) electrons. The largest absolute Gasteiger partial charge is 0.545 e. The third kappa shape index (κ3) is 5.57. The van der Waals surface area contributed by atoms with Crippen molar-refractivity contribution in [1.82, 2.24) is 4.90 Å². The topological polar surface area (TPSA) is 57.0 Å². The molecule has 0 atom stereocenters. The lowest BCUT2D eigenvalue weighted by Gasteiger charge is -2.29. The second-order valence-corrected chi connectivity index (χ2v) is 5.37. The average Bonchev–Trinajstić information content (AvgIpc) is 2.48. The number of likely N-dealkylation sites (N-methyl/N-ethyl adjacent to an activating group) is 1. The zero-order valence-electron chi connectivity index (χ0n) is 12.4. The molecular formula is C16H22N2O3. The van der Waals surface area contributed by atoms with E-state index in [0.29, 0.717) is 6.61 Å². The number of benzene rings is 1. The highest BCUT2D eigenvalue weighted by Crippen LogP contribution is 2.14. The van der Waals surface area contributed by atoms with Crippen LogP contribution in [0.2, 0.25) is 0 Å². The Morgan fingerprint density at radius 3 is 2.90 bits per heavy atom. The van der Waals surface area contributed by atoms with Gasteiger partial charge in [-0.25, -0.2) is 0 Å². The quantitative estimate of drug-likeness (QED) is 0.659. The van der Waals surface area contributed by atoms with Gasteiger partial charge in [0.2, 0.25) is 0 Å². The first-order chi connectivity index (χ1) is 10.1. The zero-order valence-corrected chi connectivity index (χ0v) is 12.4. The number of carboxylic acids is 1. The van der Waals surface area contributed by atoms with E-state index in [1.807, 2.05) is 24.3 Å². The fourth-order valence-electron chi connectivity index (χ4n) is 2.32. The second-order valence-electron chi connectivity index (χ2n) is 5.37. The maximum atomic E-state index is 10.4. The van der Waals surface area contributed by atoms with Crippen molar-refractivity contribution < 1.29 is 19.5 Å². The molecule has 1 heterocycles. The van der Waals surface area contributed by atoms with Crippen molar-refractivity contribution in [2.24, 2.45) is 0 Å². The number of carboxylic acid groups (broad SMARTS) is 1. The molecule has 0 spiro atoms. The van der Waals surface area contributed by atoms with Crippen LogP contribution in [-0.4, -0.2) is 57.2 Å². The molecule has 114 valence electrons. The molecule has 1 aromatic carbocycles. The summed E-state index contributed by atoms with van der Waals surface area (Å²) in [6.45, 7) is 6.17. The molecule has 1 aliphatic rings. The molecule has 1 aromatic rings. The van der Waals surface area contributed by atoms with Crippen LogP contribution in [0, 0.1) is 0 Å². The molecule has 0 unspecified atom stereocenters. The van der Waals surface area contributed by atoms with Crippen molar-refractivity contribution >= 4 is 12.0 Å². The van der Waals surface area contributed by atoms with Crippen molar-refractivity contribution in [2.75, 3.05) is 46.4 Å². The van der Waals surface area contributed by atoms with Crippen LogP contribution < -0.4 is 14.7 Å². The number of hydrogen-bond donors (Lipinski definition) is 1. The van der Waals surface area contributed by atoms with E-state index in [-0.39, 0.29) is 0 Å². The number of carbonyl (C=O) groups is 1. The first-order valence-corrected chi connectivity index (χ1v) is 7.29. The van der Waals surface area contributed by atoms with Crippen LogP contribution in [0.25, 0.3) is 6.08 Å². The Bertz CT molecular complexity index is 494. The highest BCUT2D eigenvalue weighted by Gasteiger charge is 2.15. The standard InChI is InChI=1S/C16H22N2O3/c1-17-7-9-18(10-8-17)11-12-21-15-4-2-3-14(13-15)5-6-16(19)20/h2-6,13H,7-12H2,1H3,(H,19,20)/b6-5+. The molecule has 0 amide bonds. The van der Waals surface area contributed by atoms with E-state index in [1.165, 1.54) is 19.2 Å². The summed E-state index contributed by atoms with van der Waals surface area (Å²) in [5.74, 6) is -0.436. The molecule has 1 saturated heterocycles. The summed E-state index contributed by atoms with van der Waals surface area (Å²) < 4.78 is 5.74. The first-order valence-electron chi connectivity index (χ1n) is 7.29. The number of hydrogen-bond acceptors (Lipinski definition) is 4. The Morgan fingerprint density at radius 1 is 1.43 bits per heavy atom. The smallest absolute Gasteiger partial charge is 0.119 e. The molecule has 2 rings (SSSR count). The average molecular weight is 290 g/mol. The number of aliphatic carboxylic acids is 1. The van der Waals surface area contributed by atoms with E-state index < -0.39 is 5.97 Å². The maximum Gasteiger partial charge on any atom is 0.119 e. The monoisotopic (exact) mass is 290 g/mol. The number of rotatable bonds is 6. The summed E-state index contributed by atoms with van der Waals surface area (Å²) in [6.07, 6.45) is 2.52. The molecule has 0 aromatic heterocycles. The van der Waals surface area contributed by atoms with Crippen LogP contribution in [0.5, 0.6) is 5.75 Å². The molecule has 0 bridgehead atoms. The molecule has 0 aliphatic carbocycles. The van der Waals surface area contributed by atoms with Gasteiger partial charge in [-0.15, -0.1) is 0 Å². The van der Waals surface area contributed by atoms with Gasteiger partial charge in [0.05, 0.1) is 26.1 Å². The van der Waals surface area contributed by atoms with Gasteiger partial charge in [0.1, 0.15) is 12.4 Å². The molecule has 1 N–H and O–H groups in total. The fourth-order valence-corrected chi connectivity index (χ4v) is 2.32. The summed E-state index contributed by atoms with van der Waals surface area (Å²) in [5, 5.41) is 10.4. The predicted octanol–water partition coefficient (Wildman–Crippen LogP) is -1.34. The highest BCUT2D eigenvalue weighted by atomic mass is 16.5. The molecule has 5 heteroatoms. The van der Waals surface area contributed by atoms with Crippen molar-refractivity contribution in [3.63, 3.8) is 0 Å². The van der Waals surface area contributed by atoms with Gasteiger partial charge in [0.25, 0.3) is 0 Å². The Morgan fingerprint density at radius 2 is 2.19 bits per heavy atom. The van der Waals surface area contributed by atoms with Gasteiger partial charge in [-0.05, 0) is 23.8 Å². The van der Waals surface area contributed by atoms with E-state index >= 15 is 0 Å². The van der Waals surface area contributed by atoms with Crippen LogP contribution >= 0.6 is 0 Å². The van der Waals surface area contributed by atoms with Crippen molar-refractivity contribution in [2.45, 2.75) is 0 Å². The number of ether oxygens (including phenoxy) is 1. The van der Waals surface area contributed by atoms with Crippen LogP contribution in [0.15, 0.2) is 30.3 Å². The third-order valence-corrected chi connectivity index (χ3v) is 3.66. The molecule has 0 saturated carbocycles. The van der Waals surface area contributed by atoms with Crippen LogP contribution in [0.1, 0.15) is 5.56 Å². The summed E-state index contributed by atoms with van der Waals surface area (Å²) in [5.41, 5.74) is 0.792. The van der Waals surface area contributed by atoms with Gasteiger partial charge in [0.15, 0.2) is 0 Å². The van der Waals surface area contributed by atoms with Gasteiger partial charge in [-0.1, -0.05) is 18.2 Å². The number of nitrogens with one attached hydrogen (secondary N) is 1. The Hall–Kier alpha value is -1.85. The van der Waals surface area contributed by atoms with Gasteiger partial charge in [-0.3, -0.25) is 4.90 Å². The van der Waals surface area contributed by atoms with E-state index in [9.17, 15) is 9.90 Å². The number of nitrogens with zero attached hydrogens (tertiary/aromatic N) is 1. The minimum absolute atomic E-state index is 0.646. The molecule has 1 fully saturated rings.